The number of hydrogen-bond donors (Lipinski definition) is 1. The topological polar surface area (TPSA) is 119 Å². The van der Waals surface area contributed by atoms with Crippen LogP contribution in [-0.4, -0.2) is 54.5 Å². The van der Waals surface area contributed by atoms with E-state index >= 15 is 0 Å². The van der Waals surface area contributed by atoms with Gasteiger partial charge >= 0.3 is 0 Å². The average Bonchev–Trinajstić information content (AvgIpc) is 2.92. The minimum atomic E-state index is -4.26. The van der Waals surface area contributed by atoms with Crippen molar-refractivity contribution in [2.45, 2.75) is 37.7 Å². The Bertz CT molecular complexity index is 1140. The second-order valence-corrected chi connectivity index (χ2v) is 9.53. The lowest BCUT2D eigenvalue weighted by atomic mass is 9.82. The van der Waals surface area contributed by atoms with Gasteiger partial charge in [-0.2, -0.15) is 13.0 Å². The second-order valence-electron chi connectivity index (χ2n) is 8.10. The molecule has 0 aromatic heterocycles. The predicted octanol–water partition coefficient (Wildman–Crippen LogP) is 3.47. The Balaban J connectivity index is 1.49. The SMILES string of the molecule is CC1=[N+](CCOCCOCc2ccc([N+](=O)[O-])cc2)c2ccc(S(=O)(=O)O)cc2C1(C)C. The fraction of sp³-hybridized carbons (Fsp3) is 0.409. The molecule has 3 rings (SSSR count). The molecule has 1 N–H and O–H groups in total. The van der Waals surface area contributed by atoms with E-state index in [0.29, 0.717) is 33.0 Å². The van der Waals surface area contributed by atoms with Gasteiger partial charge in [0.2, 0.25) is 5.69 Å². The molecule has 0 bridgehead atoms. The highest BCUT2D eigenvalue weighted by molar-refractivity contribution is 7.85. The van der Waals surface area contributed by atoms with E-state index in [1.807, 2.05) is 20.8 Å². The first-order valence-electron chi connectivity index (χ1n) is 10.1. The van der Waals surface area contributed by atoms with Gasteiger partial charge in [0.05, 0.1) is 35.1 Å². The molecule has 1 heterocycles. The zero-order valence-electron chi connectivity index (χ0n) is 18.3. The molecule has 32 heavy (non-hydrogen) atoms. The summed E-state index contributed by atoms with van der Waals surface area (Å²) in [6.45, 7) is 8.21. The van der Waals surface area contributed by atoms with Crippen molar-refractivity contribution in [1.82, 2.24) is 0 Å². The first kappa shape index (κ1) is 24.0. The van der Waals surface area contributed by atoms with Crippen molar-refractivity contribution in [2.75, 3.05) is 26.4 Å². The van der Waals surface area contributed by atoms with Crippen LogP contribution in [0.3, 0.4) is 0 Å². The fourth-order valence-electron chi connectivity index (χ4n) is 3.69. The van der Waals surface area contributed by atoms with E-state index in [1.54, 1.807) is 18.2 Å². The highest BCUT2D eigenvalue weighted by Crippen LogP contribution is 2.40. The van der Waals surface area contributed by atoms with Crippen LogP contribution in [0, 0.1) is 10.1 Å². The molecule has 0 fully saturated rings. The second kappa shape index (κ2) is 9.45. The normalized spacial score (nSPS) is 15.1. The van der Waals surface area contributed by atoms with Gasteiger partial charge < -0.3 is 9.47 Å². The summed E-state index contributed by atoms with van der Waals surface area (Å²) >= 11 is 0. The lowest BCUT2D eigenvalue weighted by molar-refractivity contribution is -0.443. The summed E-state index contributed by atoms with van der Waals surface area (Å²) < 4.78 is 45.7. The average molecular weight is 464 g/mol. The van der Waals surface area contributed by atoms with E-state index in [-0.39, 0.29) is 16.0 Å². The van der Waals surface area contributed by atoms with Gasteiger partial charge in [0.1, 0.15) is 6.61 Å². The van der Waals surface area contributed by atoms with Gasteiger partial charge in [-0.3, -0.25) is 14.7 Å². The lowest BCUT2D eigenvalue weighted by Crippen LogP contribution is -2.27. The number of ether oxygens (including phenoxy) is 2. The highest BCUT2D eigenvalue weighted by Gasteiger charge is 2.43. The summed E-state index contributed by atoms with van der Waals surface area (Å²) in [6, 6.07) is 10.9. The maximum atomic E-state index is 11.5. The van der Waals surface area contributed by atoms with E-state index in [9.17, 15) is 23.1 Å². The van der Waals surface area contributed by atoms with Crippen LogP contribution in [0.1, 0.15) is 31.9 Å². The van der Waals surface area contributed by atoms with E-state index in [4.69, 9.17) is 9.47 Å². The van der Waals surface area contributed by atoms with Crippen molar-refractivity contribution in [3.05, 3.63) is 63.7 Å². The Labute approximate surface area is 187 Å². The van der Waals surface area contributed by atoms with Crippen LogP contribution in [0.15, 0.2) is 47.4 Å². The molecular weight excluding hydrogens is 436 g/mol. The molecule has 0 saturated heterocycles. The third kappa shape index (κ3) is 5.21. The number of hydrogen-bond acceptors (Lipinski definition) is 6. The van der Waals surface area contributed by atoms with E-state index in [1.165, 1.54) is 24.3 Å². The number of fused-ring (bicyclic) bond motifs is 1. The molecule has 0 aliphatic carbocycles. The van der Waals surface area contributed by atoms with Crippen LogP contribution in [0.25, 0.3) is 0 Å². The number of benzene rings is 2. The summed E-state index contributed by atoms with van der Waals surface area (Å²) in [5, 5.41) is 10.7. The molecule has 10 heteroatoms. The summed E-state index contributed by atoms with van der Waals surface area (Å²) in [6.07, 6.45) is 0. The van der Waals surface area contributed by atoms with Crippen molar-refractivity contribution in [1.29, 1.82) is 0 Å². The number of nitrogens with zero attached hydrogens (tertiary/aromatic N) is 2. The van der Waals surface area contributed by atoms with Crippen molar-refractivity contribution >= 4 is 27.2 Å². The Kier molecular flexibility index (Phi) is 7.09. The minimum Gasteiger partial charge on any atom is -0.374 e. The van der Waals surface area contributed by atoms with E-state index in [2.05, 4.69) is 4.58 Å². The van der Waals surface area contributed by atoms with Crippen LogP contribution in [0.4, 0.5) is 11.4 Å². The number of nitro groups is 1. The molecule has 2 aromatic carbocycles. The quantitative estimate of drug-likeness (QED) is 0.188. The van der Waals surface area contributed by atoms with Crippen LogP contribution in [0.5, 0.6) is 0 Å². The van der Waals surface area contributed by atoms with Crippen molar-refractivity contribution < 1.29 is 31.9 Å². The Morgan fingerprint density at radius 2 is 1.72 bits per heavy atom. The molecule has 1 aliphatic rings. The van der Waals surface area contributed by atoms with Crippen molar-refractivity contribution in [2.24, 2.45) is 0 Å². The van der Waals surface area contributed by atoms with Gasteiger partial charge in [0, 0.05) is 30.7 Å². The van der Waals surface area contributed by atoms with Crippen LogP contribution in [0.2, 0.25) is 0 Å². The molecule has 0 atom stereocenters. The van der Waals surface area contributed by atoms with Gasteiger partial charge in [-0.25, -0.2) is 0 Å². The van der Waals surface area contributed by atoms with Gasteiger partial charge in [-0.05, 0) is 43.7 Å². The largest absolute Gasteiger partial charge is 0.374 e. The Morgan fingerprint density at radius 3 is 2.34 bits per heavy atom. The number of non-ortho nitro benzene ring substituents is 1. The third-order valence-corrected chi connectivity index (χ3v) is 6.64. The van der Waals surface area contributed by atoms with Crippen LogP contribution in [-0.2, 0) is 31.6 Å². The molecule has 0 amide bonds. The minimum absolute atomic E-state index is 0.0463. The molecule has 0 unspecified atom stereocenters. The Morgan fingerprint density at radius 1 is 1.06 bits per heavy atom. The molecule has 0 saturated carbocycles. The highest BCUT2D eigenvalue weighted by atomic mass is 32.2. The van der Waals surface area contributed by atoms with Gasteiger partial charge in [-0.1, -0.05) is 0 Å². The number of rotatable bonds is 10. The van der Waals surface area contributed by atoms with Gasteiger partial charge in [-0.15, -0.1) is 0 Å². The number of nitro benzene ring substituents is 1. The summed E-state index contributed by atoms with van der Waals surface area (Å²) in [5.74, 6) is 0. The molecule has 2 aromatic rings. The monoisotopic (exact) mass is 463 g/mol. The molecule has 9 nitrogen and oxygen atoms in total. The molecule has 1 aliphatic heterocycles. The van der Waals surface area contributed by atoms with E-state index in [0.717, 1.165) is 22.5 Å². The van der Waals surface area contributed by atoms with E-state index < -0.39 is 15.0 Å². The summed E-state index contributed by atoms with van der Waals surface area (Å²) in [5.41, 5.74) is 3.34. The predicted molar refractivity (Wildman–Crippen MR) is 118 cm³/mol. The first-order valence-corrected chi connectivity index (χ1v) is 11.6. The summed E-state index contributed by atoms with van der Waals surface area (Å²) in [4.78, 5) is 10.1. The van der Waals surface area contributed by atoms with Crippen molar-refractivity contribution in [3.8, 4) is 0 Å². The molecule has 0 radical (unpaired) electrons. The molecule has 172 valence electrons. The van der Waals surface area contributed by atoms with Gasteiger partial charge in [0.25, 0.3) is 15.8 Å². The van der Waals surface area contributed by atoms with Crippen LogP contribution < -0.4 is 0 Å². The van der Waals surface area contributed by atoms with Crippen LogP contribution >= 0.6 is 0 Å². The third-order valence-electron chi connectivity index (χ3n) is 5.79. The zero-order valence-corrected chi connectivity index (χ0v) is 19.1. The maximum absolute atomic E-state index is 11.5. The first-order chi connectivity index (χ1) is 15.0. The zero-order chi connectivity index (χ0) is 23.5. The maximum Gasteiger partial charge on any atom is 0.294 e. The lowest BCUT2D eigenvalue weighted by Gasteiger charge is -2.15. The Hall–Kier alpha value is -2.66. The molecular formula is C22H27N2O7S+. The van der Waals surface area contributed by atoms with Crippen molar-refractivity contribution in [3.63, 3.8) is 0 Å². The molecule has 0 spiro atoms. The summed E-state index contributed by atoms with van der Waals surface area (Å²) in [7, 11) is -4.26. The van der Waals surface area contributed by atoms with Gasteiger partial charge in [0.15, 0.2) is 12.3 Å². The smallest absolute Gasteiger partial charge is 0.294 e. The fourth-order valence-corrected chi connectivity index (χ4v) is 4.20. The standard InChI is InChI=1S/C22H26N2O7S/c1-16-22(2,3)20-14-19(32(27,28)29)8-9-21(20)23(16)10-11-30-12-13-31-15-17-4-6-18(7-5-17)24(25)26/h4-9,14H,10-13,15H2,1-3H3/p+1.